The number of nitro groups is 1. The second-order valence-electron chi connectivity index (χ2n) is 10.4. The molecule has 11 heteroatoms. The van der Waals surface area contributed by atoms with Gasteiger partial charge >= 0.3 is 5.69 Å². The molecule has 0 saturated heterocycles. The minimum atomic E-state index is -0.600. The van der Waals surface area contributed by atoms with Gasteiger partial charge in [0.05, 0.1) is 28.9 Å². The van der Waals surface area contributed by atoms with E-state index in [1.165, 1.54) is 16.7 Å². The van der Waals surface area contributed by atoms with Crippen LogP contribution in [0.4, 0.5) is 5.69 Å². The summed E-state index contributed by atoms with van der Waals surface area (Å²) < 4.78 is 13.3. The number of nitrogens with one attached hydrogen (secondary N) is 1. The molecule has 0 atom stereocenters. The standard InChI is InChI=1S/C30H28N4O7/c35-28(31-22-6-2-1-3-7-22)21-10-11-24-25(15-21)32(16-19-5-4-8-23(13-19)34(38)39)30(37)33(29(24)36)17-20-9-12-26-27(14-20)41-18-40-26/h4-5,8-15,22H,1-3,6-7,16-18H2,(H,31,35). The van der Waals surface area contributed by atoms with E-state index < -0.39 is 16.2 Å². The molecule has 0 radical (unpaired) electrons. The topological polar surface area (TPSA) is 135 Å². The van der Waals surface area contributed by atoms with Crippen LogP contribution in [0.5, 0.6) is 11.5 Å². The average molecular weight is 557 g/mol. The predicted octanol–water partition coefficient (Wildman–Crippen LogP) is 3.96. The molecule has 0 bridgehead atoms. The Kier molecular flexibility index (Phi) is 7.00. The van der Waals surface area contributed by atoms with Gasteiger partial charge in [-0.05, 0) is 54.3 Å². The molecule has 210 valence electrons. The van der Waals surface area contributed by atoms with Crippen molar-refractivity contribution in [2.75, 3.05) is 6.79 Å². The average Bonchev–Trinajstić information content (AvgIpc) is 3.46. The molecule has 0 spiro atoms. The van der Waals surface area contributed by atoms with Crippen molar-refractivity contribution in [3.63, 3.8) is 0 Å². The molecule has 4 aromatic rings. The second-order valence-corrected chi connectivity index (χ2v) is 10.4. The van der Waals surface area contributed by atoms with Crippen LogP contribution in [0.15, 0.2) is 70.3 Å². The quantitative estimate of drug-likeness (QED) is 0.269. The zero-order chi connectivity index (χ0) is 28.5. The molecule has 11 nitrogen and oxygen atoms in total. The molecule has 41 heavy (non-hydrogen) atoms. The Hall–Kier alpha value is -4.93. The lowest BCUT2D eigenvalue weighted by atomic mass is 9.95. The van der Waals surface area contributed by atoms with Crippen LogP contribution in [-0.4, -0.2) is 32.8 Å². The predicted molar refractivity (Wildman–Crippen MR) is 151 cm³/mol. The van der Waals surface area contributed by atoms with Crippen LogP contribution in [0.2, 0.25) is 0 Å². The summed E-state index contributed by atoms with van der Waals surface area (Å²) in [6.07, 6.45) is 5.12. The Morgan fingerprint density at radius 2 is 1.66 bits per heavy atom. The SMILES string of the molecule is O=C(NC1CCCCC1)c1ccc2c(=O)n(Cc3ccc4c(c3)OCO4)c(=O)n(Cc3cccc([N+](=O)[O-])c3)c2c1. The molecule has 1 amide bonds. The van der Waals surface area contributed by atoms with Gasteiger partial charge in [0.25, 0.3) is 17.2 Å². The van der Waals surface area contributed by atoms with Crippen LogP contribution >= 0.6 is 0 Å². The third-order valence-corrected chi connectivity index (χ3v) is 7.67. The van der Waals surface area contributed by atoms with Gasteiger partial charge in [-0.15, -0.1) is 0 Å². The van der Waals surface area contributed by atoms with Gasteiger partial charge in [-0.25, -0.2) is 4.79 Å². The van der Waals surface area contributed by atoms with Crippen LogP contribution in [0.25, 0.3) is 10.9 Å². The molecule has 0 unspecified atom stereocenters. The van der Waals surface area contributed by atoms with Gasteiger partial charge in [0.1, 0.15) is 0 Å². The molecular weight excluding hydrogens is 528 g/mol. The third-order valence-electron chi connectivity index (χ3n) is 7.67. The summed E-state index contributed by atoms with van der Waals surface area (Å²) >= 11 is 0. The number of ether oxygens (including phenoxy) is 2. The molecule has 1 aromatic heterocycles. The van der Waals surface area contributed by atoms with Crippen LogP contribution in [0.1, 0.15) is 53.6 Å². The maximum atomic E-state index is 13.9. The lowest BCUT2D eigenvalue weighted by Gasteiger charge is -2.23. The van der Waals surface area contributed by atoms with Crippen LogP contribution < -0.4 is 26.0 Å². The summed E-state index contributed by atoms with van der Waals surface area (Å²) in [6.45, 7) is 0.0383. The zero-order valence-electron chi connectivity index (χ0n) is 22.2. The van der Waals surface area contributed by atoms with Gasteiger partial charge in [-0.3, -0.25) is 28.8 Å². The number of carbonyl (C=O) groups excluding carboxylic acids is 1. The van der Waals surface area contributed by atoms with Crippen molar-refractivity contribution in [2.24, 2.45) is 0 Å². The molecule has 1 aliphatic carbocycles. The largest absolute Gasteiger partial charge is 0.454 e. The van der Waals surface area contributed by atoms with Gasteiger partial charge in [0.15, 0.2) is 11.5 Å². The first-order valence-corrected chi connectivity index (χ1v) is 13.6. The number of hydrogen-bond donors (Lipinski definition) is 1. The van der Waals surface area contributed by atoms with E-state index in [0.29, 0.717) is 28.2 Å². The highest BCUT2D eigenvalue weighted by molar-refractivity contribution is 5.98. The highest BCUT2D eigenvalue weighted by Crippen LogP contribution is 2.32. The van der Waals surface area contributed by atoms with Gasteiger partial charge in [0, 0.05) is 23.7 Å². The fraction of sp³-hybridized carbons (Fsp3) is 0.300. The summed E-state index contributed by atoms with van der Waals surface area (Å²) in [7, 11) is 0. The number of aromatic nitrogens is 2. The lowest BCUT2D eigenvalue weighted by Crippen LogP contribution is -2.41. The minimum Gasteiger partial charge on any atom is -0.454 e. The molecule has 2 heterocycles. The number of hydrogen-bond acceptors (Lipinski definition) is 7. The van der Waals surface area contributed by atoms with E-state index in [-0.39, 0.29) is 48.4 Å². The number of nitro benzene ring substituents is 1. The number of fused-ring (bicyclic) bond motifs is 2. The highest BCUT2D eigenvalue weighted by Gasteiger charge is 2.21. The van der Waals surface area contributed by atoms with Crippen LogP contribution in [0.3, 0.4) is 0 Å². The third kappa shape index (κ3) is 5.30. The van der Waals surface area contributed by atoms with E-state index in [1.54, 1.807) is 48.5 Å². The van der Waals surface area contributed by atoms with Crippen LogP contribution in [0, 0.1) is 10.1 Å². The lowest BCUT2D eigenvalue weighted by molar-refractivity contribution is -0.384. The summed E-state index contributed by atoms with van der Waals surface area (Å²) in [5.74, 6) is 0.848. The van der Waals surface area contributed by atoms with E-state index in [2.05, 4.69) is 5.32 Å². The zero-order valence-corrected chi connectivity index (χ0v) is 22.2. The van der Waals surface area contributed by atoms with Gasteiger partial charge in [-0.1, -0.05) is 37.5 Å². The van der Waals surface area contributed by atoms with Gasteiger partial charge < -0.3 is 14.8 Å². The van der Waals surface area contributed by atoms with Gasteiger partial charge in [0.2, 0.25) is 6.79 Å². The van der Waals surface area contributed by atoms with Gasteiger partial charge in [-0.2, -0.15) is 0 Å². The molecule has 1 saturated carbocycles. The second kappa shape index (κ2) is 10.9. The van der Waals surface area contributed by atoms with Crippen LogP contribution in [-0.2, 0) is 13.1 Å². The smallest absolute Gasteiger partial charge is 0.332 e. The number of rotatable bonds is 7. The summed E-state index contributed by atoms with van der Waals surface area (Å²) in [4.78, 5) is 51.6. The number of amides is 1. The fourth-order valence-corrected chi connectivity index (χ4v) is 5.54. The van der Waals surface area contributed by atoms with E-state index in [4.69, 9.17) is 9.47 Å². The van der Waals surface area contributed by atoms with Crippen molar-refractivity contribution in [1.29, 1.82) is 0 Å². The van der Waals surface area contributed by atoms with E-state index in [0.717, 1.165) is 36.7 Å². The number of nitrogens with zero attached hydrogens (tertiary/aromatic N) is 3. The van der Waals surface area contributed by atoms with Crippen molar-refractivity contribution in [3.05, 3.63) is 108 Å². The number of non-ortho nitro benzene ring substituents is 1. The molecule has 3 aromatic carbocycles. The molecular formula is C30H28N4O7. The van der Waals surface area contributed by atoms with Crippen molar-refractivity contribution in [3.8, 4) is 11.5 Å². The highest BCUT2D eigenvalue weighted by atomic mass is 16.7. The first kappa shape index (κ1) is 26.3. The summed E-state index contributed by atoms with van der Waals surface area (Å²) in [5, 5.41) is 14.7. The monoisotopic (exact) mass is 556 g/mol. The Labute approximate surface area is 234 Å². The van der Waals surface area contributed by atoms with Crippen molar-refractivity contribution < 1.29 is 19.2 Å². The molecule has 1 aliphatic heterocycles. The molecule has 6 rings (SSSR count). The normalized spacial score (nSPS) is 14.7. The van der Waals surface area contributed by atoms with Crippen molar-refractivity contribution in [1.82, 2.24) is 14.5 Å². The molecule has 2 aliphatic rings. The Morgan fingerprint density at radius 1 is 0.902 bits per heavy atom. The fourth-order valence-electron chi connectivity index (χ4n) is 5.54. The maximum absolute atomic E-state index is 13.9. The van der Waals surface area contributed by atoms with E-state index in [1.807, 2.05) is 0 Å². The van der Waals surface area contributed by atoms with Crippen molar-refractivity contribution in [2.45, 2.75) is 51.2 Å². The molecule has 1 N–H and O–H groups in total. The number of benzene rings is 3. The van der Waals surface area contributed by atoms with Crippen molar-refractivity contribution >= 4 is 22.5 Å². The Morgan fingerprint density at radius 3 is 2.46 bits per heavy atom. The maximum Gasteiger partial charge on any atom is 0.332 e. The summed E-state index contributed by atoms with van der Waals surface area (Å²) in [6, 6.07) is 16.0. The Balaban J connectivity index is 1.44. The summed E-state index contributed by atoms with van der Waals surface area (Å²) in [5.41, 5.74) is 0.578. The van der Waals surface area contributed by atoms with E-state index >= 15 is 0 Å². The number of carbonyl (C=O) groups is 1. The first-order chi connectivity index (χ1) is 19.9. The Bertz CT molecular complexity index is 1790. The minimum absolute atomic E-state index is 0.0247. The first-order valence-electron chi connectivity index (χ1n) is 13.6. The molecule has 1 fully saturated rings. The van der Waals surface area contributed by atoms with E-state index in [9.17, 15) is 24.5 Å².